The molecule has 3 rings (SSSR count). The molecule has 1 aliphatic heterocycles. The topological polar surface area (TPSA) is 142 Å². The Morgan fingerprint density at radius 1 is 1.35 bits per heavy atom. The fraction of sp³-hybridized carbons (Fsp3) is 0.556. The molecule has 1 aliphatic rings. The molecule has 0 aromatic carbocycles. The number of halogens is 2. The van der Waals surface area contributed by atoms with Crippen molar-refractivity contribution in [2.75, 3.05) is 12.3 Å². The predicted octanol–water partition coefficient (Wildman–Crippen LogP) is -1.20. The lowest BCUT2D eigenvalue weighted by Crippen LogP contribution is -2.33. The molecular formula is C9H15Cl2N5O4. The molecule has 3 heterocycles. The van der Waals surface area contributed by atoms with E-state index in [9.17, 15) is 10.2 Å². The maximum atomic E-state index is 9.89. The Morgan fingerprint density at radius 2 is 2.05 bits per heavy atom. The van der Waals surface area contributed by atoms with Gasteiger partial charge in [0, 0.05) is 0 Å². The van der Waals surface area contributed by atoms with E-state index in [4.69, 9.17) is 15.6 Å². The van der Waals surface area contributed by atoms with Crippen molar-refractivity contribution in [1.29, 1.82) is 0 Å². The second kappa shape index (κ2) is 6.12. The van der Waals surface area contributed by atoms with Crippen LogP contribution in [-0.4, -0.2) is 60.0 Å². The second-order valence-electron chi connectivity index (χ2n) is 4.19. The summed E-state index contributed by atoms with van der Waals surface area (Å²) >= 11 is 0. The summed E-state index contributed by atoms with van der Waals surface area (Å²) in [7, 11) is 0. The lowest BCUT2D eigenvalue weighted by Gasteiger charge is -2.15. The number of aliphatic hydroxyl groups excluding tert-OH is 3. The van der Waals surface area contributed by atoms with Crippen molar-refractivity contribution in [3.8, 4) is 0 Å². The van der Waals surface area contributed by atoms with Gasteiger partial charge in [0.2, 0.25) is 0 Å². The van der Waals surface area contributed by atoms with Gasteiger partial charge >= 0.3 is 0 Å². The molecule has 9 nitrogen and oxygen atoms in total. The molecule has 0 amide bonds. The van der Waals surface area contributed by atoms with E-state index in [-0.39, 0.29) is 31.4 Å². The molecule has 1 fully saturated rings. The molecular weight excluding hydrogens is 313 g/mol. The summed E-state index contributed by atoms with van der Waals surface area (Å²) < 4.78 is 6.84. The molecule has 0 bridgehead atoms. The van der Waals surface area contributed by atoms with Crippen molar-refractivity contribution < 1.29 is 20.1 Å². The van der Waals surface area contributed by atoms with Gasteiger partial charge in [-0.2, -0.15) is 5.10 Å². The largest absolute Gasteiger partial charge is 0.394 e. The van der Waals surface area contributed by atoms with Crippen LogP contribution >= 0.6 is 24.8 Å². The molecule has 20 heavy (non-hydrogen) atoms. The Morgan fingerprint density at radius 3 is 2.65 bits per heavy atom. The SMILES string of the molecule is Cl.Cl.Nc1[nH]nc2c1ncn2[C@@H]1O[C@H](CO)[C@@H](O)[C@H]1O. The van der Waals surface area contributed by atoms with Crippen molar-refractivity contribution in [2.45, 2.75) is 24.5 Å². The average molecular weight is 328 g/mol. The Kier molecular flexibility index (Phi) is 5.19. The van der Waals surface area contributed by atoms with Gasteiger partial charge < -0.3 is 25.8 Å². The van der Waals surface area contributed by atoms with Gasteiger partial charge in [-0.1, -0.05) is 0 Å². The predicted molar refractivity (Wildman–Crippen MR) is 73.8 cm³/mol. The summed E-state index contributed by atoms with van der Waals surface area (Å²) in [5, 5.41) is 35.1. The normalized spacial score (nSPS) is 29.1. The summed E-state index contributed by atoms with van der Waals surface area (Å²) in [5.41, 5.74) is 6.50. The van der Waals surface area contributed by atoms with Crippen molar-refractivity contribution in [3.05, 3.63) is 6.33 Å². The standard InChI is InChI=1S/C9H13N5O4.2ClH/c10-7-4-8(13-12-7)14(2-11-4)9-6(17)5(16)3(1-15)18-9;;/h2-3,5-6,9,15-17H,1H2,(H3,10,12,13);2*1H/t3-,5-,6-,9-;;/m1../s1. The highest BCUT2D eigenvalue weighted by Gasteiger charge is 2.44. The van der Waals surface area contributed by atoms with E-state index < -0.39 is 24.5 Å². The summed E-state index contributed by atoms with van der Waals surface area (Å²) in [5.74, 6) is 0.315. The van der Waals surface area contributed by atoms with Crippen LogP contribution in [0.3, 0.4) is 0 Å². The molecule has 4 atom stereocenters. The van der Waals surface area contributed by atoms with Crippen molar-refractivity contribution in [2.24, 2.45) is 0 Å². The highest BCUT2D eigenvalue weighted by Crippen LogP contribution is 2.31. The lowest BCUT2D eigenvalue weighted by molar-refractivity contribution is -0.0511. The zero-order chi connectivity index (χ0) is 12.9. The van der Waals surface area contributed by atoms with Gasteiger partial charge in [0.25, 0.3) is 0 Å². The highest BCUT2D eigenvalue weighted by atomic mass is 35.5. The number of aliphatic hydroxyl groups is 3. The minimum atomic E-state index is -1.17. The maximum absolute atomic E-state index is 9.89. The zero-order valence-electron chi connectivity index (χ0n) is 10.1. The maximum Gasteiger partial charge on any atom is 0.186 e. The molecule has 114 valence electrons. The van der Waals surface area contributed by atoms with Crippen LogP contribution in [0.1, 0.15) is 6.23 Å². The first-order valence-electron chi connectivity index (χ1n) is 5.42. The zero-order valence-corrected chi connectivity index (χ0v) is 11.7. The molecule has 2 aromatic rings. The minimum Gasteiger partial charge on any atom is -0.394 e. The molecule has 0 radical (unpaired) electrons. The molecule has 11 heteroatoms. The summed E-state index contributed by atoms with van der Waals surface area (Å²) in [6, 6.07) is 0. The van der Waals surface area contributed by atoms with E-state index in [2.05, 4.69) is 15.2 Å². The summed E-state index contributed by atoms with van der Waals surface area (Å²) in [6.07, 6.45) is -2.60. The number of hydrogen-bond donors (Lipinski definition) is 5. The van der Waals surface area contributed by atoms with Crippen LogP contribution in [0.2, 0.25) is 0 Å². The third kappa shape index (κ3) is 2.32. The van der Waals surface area contributed by atoms with Crippen LogP contribution in [0.25, 0.3) is 11.2 Å². The van der Waals surface area contributed by atoms with Gasteiger partial charge in [0.1, 0.15) is 24.1 Å². The van der Waals surface area contributed by atoms with E-state index in [0.717, 1.165) is 0 Å². The summed E-state index contributed by atoms with van der Waals surface area (Å²) in [6.45, 7) is -0.380. The minimum absolute atomic E-state index is 0. The number of imidazole rings is 1. The van der Waals surface area contributed by atoms with Crippen molar-refractivity contribution in [3.63, 3.8) is 0 Å². The number of nitrogens with two attached hydrogens (primary N) is 1. The molecule has 6 N–H and O–H groups in total. The van der Waals surface area contributed by atoms with E-state index in [0.29, 0.717) is 17.0 Å². The number of hydrogen-bond acceptors (Lipinski definition) is 7. The van der Waals surface area contributed by atoms with Gasteiger partial charge in [-0.25, -0.2) is 4.98 Å². The lowest BCUT2D eigenvalue weighted by atomic mass is 10.1. The van der Waals surface area contributed by atoms with Crippen molar-refractivity contribution in [1.82, 2.24) is 19.7 Å². The molecule has 2 aromatic heterocycles. The number of fused-ring (bicyclic) bond motifs is 1. The molecule has 0 spiro atoms. The van der Waals surface area contributed by atoms with Gasteiger partial charge in [-0.05, 0) is 0 Å². The second-order valence-corrected chi connectivity index (χ2v) is 4.19. The fourth-order valence-electron chi connectivity index (χ4n) is 2.12. The van der Waals surface area contributed by atoms with Gasteiger partial charge in [0.15, 0.2) is 17.4 Å². The Hall–Kier alpha value is -1.10. The van der Waals surface area contributed by atoms with Gasteiger partial charge in [-0.15, -0.1) is 24.8 Å². The quantitative estimate of drug-likeness (QED) is 0.466. The number of nitrogens with one attached hydrogen (secondary N) is 1. The van der Waals surface area contributed by atoms with Crippen LogP contribution in [0, 0.1) is 0 Å². The fourth-order valence-corrected chi connectivity index (χ4v) is 2.12. The van der Waals surface area contributed by atoms with Crippen molar-refractivity contribution >= 4 is 41.8 Å². The van der Waals surface area contributed by atoms with E-state index in [1.807, 2.05) is 0 Å². The number of aromatic nitrogens is 4. The number of anilines is 1. The van der Waals surface area contributed by atoms with Crippen LogP contribution < -0.4 is 5.73 Å². The van der Waals surface area contributed by atoms with Gasteiger partial charge in [-0.3, -0.25) is 9.67 Å². The average Bonchev–Trinajstić information content (AvgIpc) is 3.00. The van der Waals surface area contributed by atoms with Crippen LogP contribution in [0.5, 0.6) is 0 Å². The summed E-state index contributed by atoms with van der Waals surface area (Å²) in [4.78, 5) is 4.04. The Labute approximate surface area is 125 Å². The van der Waals surface area contributed by atoms with E-state index >= 15 is 0 Å². The third-order valence-corrected chi connectivity index (χ3v) is 3.10. The molecule has 0 unspecified atom stereocenters. The smallest absolute Gasteiger partial charge is 0.186 e. The van der Waals surface area contributed by atoms with E-state index in [1.165, 1.54) is 10.9 Å². The van der Waals surface area contributed by atoms with Gasteiger partial charge in [0.05, 0.1) is 12.9 Å². The first-order valence-corrected chi connectivity index (χ1v) is 5.42. The number of H-pyrrole nitrogens is 1. The molecule has 0 saturated carbocycles. The number of aromatic amines is 1. The number of rotatable bonds is 2. The number of nitrogen functional groups attached to an aromatic ring is 1. The number of ether oxygens (including phenoxy) is 1. The molecule has 1 saturated heterocycles. The first kappa shape index (κ1) is 17.0. The molecule has 0 aliphatic carbocycles. The first-order chi connectivity index (χ1) is 8.63. The monoisotopic (exact) mass is 327 g/mol. The van der Waals surface area contributed by atoms with E-state index in [1.54, 1.807) is 0 Å². The highest BCUT2D eigenvalue weighted by molar-refractivity contribution is 5.85. The van der Waals surface area contributed by atoms with Crippen LogP contribution in [-0.2, 0) is 4.74 Å². The van der Waals surface area contributed by atoms with Crippen LogP contribution in [0.4, 0.5) is 5.82 Å². The third-order valence-electron chi connectivity index (χ3n) is 3.10. The Balaban J connectivity index is 0.000001000. The number of nitrogens with zero attached hydrogens (tertiary/aromatic N) is 3. The van der Waals surface area contributed by atoms with Crippen LogP contribution in [0.15, 0.2) is 6.33 Å². The Bertz CT molecular complexity index is 576.